The van der Waals surface area contributed by atoms with Crippen LogP contribution in [0, 0.1) is 6.92 Å². The van der Waals surface area contributed by atoms with Crippen molar-refractivity contribution in [1.82, 2.24) is 10.3 Å². The summed E-state index contributed by atoms with van der Waals surface area (Å²) in [4.78, 5) is 4.29. The van der Waals surface area contributed by atoms with Crippen molar-refractivity contribution < 1.29 is 5.11 Å². The summed E-state index contributed by atoms with van der Waals surface area (Å²) in [6, 6.07) is 0.145. The van der Waals surface area contributed by atoms with Crippen molar-refractivity contribution in [3.05, 3.63) is 16.1 Å². The van der Waals surface area contributed by atoms with E-state index >= 15 is 0 Å². The summed E-state index contributed by atoms with van der Waals surface area (Å²) in [5.74, 6) is 0. The van der Waals surface area contributed by atoms with Gasteiger partial charge in [-0.3, -0.25) is 0 Å². The Morgan fingerprint density at radius 3 is 3.00 bits per heavy atom. The fourth-order valence-electron chi connectivity index (χ4n) is 0.833. The monoisotopic (exact) mass is 186 g/mol. The van der Waals surface area contributed by atoms with E-state index < -0.39 is 0 Å². The van der Waals surface area contributed by atoms with Crippen molar-refractivity contribution in [3.8, 4) is 0 Å². The molecule has 0 aliphatic heterocycles. The standard InChI is InChI=1S/C8H14N2OS/c1-6(4-11)9-3-8-5-12-7(2)10-8/h5-6,9,11H,3-4H2,1-2H3/t6-/m1/s1. The van der Waals surface area contributed by atoms with Gasteiger partial charge in [-0.25, -0.2) is 4.98 Å². The van der Waals surface area contributed by atoms with Crippen LogP contribution in [0.1, 0.15) is 17.6 Å². The average Bonchev–Trinajstić information content (AvgIpc) is 2.47. The van der Waals surface area contributed by atoms with Crippen molar-refractivity contribution in [1.29, 1.82) is 0 Å². The van der Waals surface area contributed by atoms with Crippen LogP contribution in [0.3, 0.4) is 0 Å². The lowest BCUT2D eigenvalue weighted by atomic mass is 10.3. The molecule has 0 aromatic carbocycles. The Morgan fingerprint density at radius 2 is 2.50 bits per heavy atom. The number of hydrogen-bond donors (Lipinski definition) is 2. The molecule has 68 valence electrons. The number of rotatable bonds is 4. The Labute approximate surface area is 76.5 Å². The van der Waals surface area contributed by atoms with E-state index in [9.17, 15) is 0 Å². The molecule has 3 nitrogen and oxygen atoms in total. The molecule has 4 heteroatoms. The molecule has 1 aromatic rings. The van der Waals surface area contributed by atoms with Crippen LogP contribution >= 0.6 is 11.3 Å². The lowest BCUT2D eigenvalue weighted by molar-refractivity contribution is 0.250. The molecular formula is C8H14N2OS. The highest BCUT2D eigenvalue weighted by Crippen LogP contribution is 2.07. The highest BCUT2D eigenvalue weighted by Gasteiger charge is 2.00. The van der Waals surface area contributed by atoms with Crippen molar-refractivity contribution >= 4 is 11.3 Å². The maximum Gasteiger partial charge on any atom is 0.0897 e. The number of thiazole rings is 1. The number of aryl methyl sites for hydroxylation is 1. The van der Waals surface area contributed by atoms with E-state index in [1.165, 1.54) is 0 Å². The van der Waals surface area contributed by atoms with Gasteiger partial charge < -0.3 is 10.4 Å². The summed E-state index contributed by atoms with van der Waals surface area (Å²) >= 11 is 1.65. The average molecular weight is 186 g/mol. The molecular weight excluding hydrogens is 172 g/mol. The van der Waals surface area contributed by atoms with Gasteiger partial charge in [0.2, 0.25) is 0 Å². The molecule has 0 aliphatic carbocycles. The van der Waals surface area contributed by atoms with E-state index in [1.54, 1.807) is 11.3 Å². The molecule has 0 saturated carbocycles. The molecule has 1 aromatic heterocycles. The van der Waals surface area contributed by atoms with Gasteiger partial charge in [0.15, 0.2) is 0 Å². The predicted octanol–water partition coefficient (Wildman–Crippen LogP) is 0.922. The fourth-order valence-corrected chi connectivity index (χ4v) is 1.45. The zero-order chi connectivity index (χ0) is 8.97. The van der Waals surface area contributed by atoms with Gasteiger partial charge in [-0.2, -0.15) is 0 Å². The van der Waals surface area contributed by atoms with Crippen LogP contribution in [0.2, 0.25) is 0 Å². The van der Waals surface area contributed by atoms with Gasteiger partial charge in [-0.15, -0.1) is 11.3 Å². The van der Waals surface area contributed by atoms with Crippen molar-refractivity contribution in [2.24, 2.45) is 0 Å². The minimum atomic E-state index is 0.145. The topological polar surface area (TPSA) is 45.2 Å². The number of aliphatic hydroxyl groups is 1. The molecule has 1 heterocycles. The number of nitrogens with zero attached hydrogens (tertiary/aromatic N) is 1. The number of nitrogens with one attached hydrogen (secondary N) is 1. The third-order valence-electron chi connectivity index (χ3n) is 1.57. The van der Waals surface area contributed by atoms with Gasteiger partial charge in [0.25, 0.3) is 0 Å². The van der Waals surface area contributed by atoms with Crippen LogP contribution in [0.25, 0.3) is 0 Å². The number of aromatic nitrogens is 1. The maximum absolute atomic E-state index is 8.74. The van der Waals surface area contributed by atoms with Crippen molar-refractivity contribution in [2.75, 3.05) is 6.61 Å². The Hall–Kier alpha value is -0.450. The molecule has 0 unspecified atom stereocenters. The minimum Gasteiger partial charge on any atom is -0.395 e. The van der Waals surface area contributed by atoms with Gasteiger partial charge in [0.1, 0.15) is 0 Å². The van der Waals surface area contributed by atoms with Crippen LogP contribution in [0.4, 0.5) is 0 Å². The molecule has 0 radical (unpaired) electrons. The van der Waals surface area contributed by atoms with Crippen LogP contribution in [-0.4, -0.2) is 22.7 Å². The first-order valence-corrected chi connectivity index (χ1v) is 4.85. The molecule has 0 fully saturated rings. The van der Waals surface area contributed by atoms with E-state index in [2.05, 4.69) is 10.3 Å². The lowest BCUT2D eigenvalue weighted by Gasteiger charge is -2.07. The Bertz CT molecular complexity index is 237. The molecule has 0 spiro atoms. The van der Waals surface area contributed by atoms with E-state index in [1.807, 2.05) is 19.2 Å². The second kappa shape index (κ2) is 4.54. The second-order valence-corrected chi connectivity index (χ2v) is 3.88. The van der Waals surface area contributed by atoms with Gasteiger partial charge in [0, 0.05) is 18.0 Å². The Morgan fingerprint density at radius 1 is 1.75 bits per heavy atom. The van der Waals surface area contributed by atoms with E-state index in [4.69, 9.17) is 5.11 Å². The van der Waals surface area contributed by atoms with Gasteiger partial charge >= 0.3 is 0 Å². The smallest absolute Gasteiger partial charge is 0.0897 e. The number of hydrogen-bond acceptors (Lipinski definition) is 4. The summed E-state index contributed by atoms with van der Waals surface area (Å²) in [5, 5.41) is 15.0. The molecule has 1 atom stereocenters. The zero-order valence-electron chi connectivity index (χ0n) is 7.37. The summed E-state index contributed by atoms with van der Waals surface area (Å²) < 4.78 is 0. The summed E-state index contributed by atoms with van der Waals surface area (Å²) in [6.45, 7) is 4.85. The third-order valence-corrected chi connectivity index (χ3v) is 2.39. The van der Waals surface area contributed by atoms with Crippen LogP contribution in [-0.2, 0) is 6.54 Å². The SMILES string of the molecule is Cc1nc(CN[C@H](C)CO)cs1. The van der Waals surface area contributed by atoms with Gasteiger partial charge in [-0.05, 0) is 13.8 Å². The third kappa shape index (κ3) is 2.89. The maximum atomic E-state index is 8.74. The molecule has 12 heavy (non-hydrogen) atoms. The molecule has 0 amide bonds. The summed E-state index contributed by atoms with van der Waals surface area (Å²) in [6.07, 6.45) is 0. The number of aliphatic hydroxyl groups excluding tert-OH is 1. The quantitative estimate of drug-likeness (QED) is 0.735. The lowest BCUT2D eigenvalue weighted by Crippen LogP contribution is -2.28. The highest BCUT2D eigenvalue weighted by molar-refractivity contribution is 7.09. The van der Waals surface area contributed by atoms with Crippen molar-refractivity contribution in [3.63, 3.8) is 0 Å². The molecule has 0 aliphatic rings. The van der Waals surface area contributed by atoms with Crippen molar-refractivity contribution in [2.45, 2.75) is 26.4 Å². The Kier molecular flexibility index (Phi) is 3.65. The zero-order valence-corrected chi connectivity index (χ0v) is 8.19. The molecule has 0 bridgehead atoms. The Balaban J connectivity index is 2.33. The highest BCUT2D eigenvalue weighted by atomic mass is 32.1. The van der Waals surface area contributed by atoms with E-state index in [0.717, 1.165) is 17.2 Å². The minimum absolute atomic E-state index is 0.145. The van der Waals surface area contributed by atoms with E-state index in [0.29, 0.717) is 0 Å². The first-order valence-electron chi connectivity index (χ1n) is 3.97. The summed E-state index contributed by atoms with van der Waals surface area (Å²) in [7, 11) is 0. The second-order valence-electron chi connectivity index (χ2n) is 2.82. The first kappa shape index (κ1) is 9.64. The van der Waals surface area contributed by atoms with Gasteiger partial charge in [-0.1, -0.05) is 0 Å². The first-order chi connectivity index (χ1) is 5.72. The molecule has 0 saturated heterocycles. The van der Waals surface area contributed by atoms with Crippen LogP contribution in [0.15, 0.2) is 5.38 Å². The molecule has 2 N–H and O–H groups in total. The van der Waals surface area contributed by atoms with E-state index in [-0.39, 0.29) is 12.6 Å². The fraction of sp³-hybridized carbons (Fsp3) is 0.625. The predicted molar refractivity (Wildman–Crippen MR) is 50.2 cm³/mol. The van der Waals surface area contributed by atoms with Crippen LogP contribution in [0.5, 0.6) is 0 Å². The summed E-state index contributed by atoms with van der Waals surface area (Å²) in [5.41, 5.74) is 1.05. The van der Waals surface area contributed by atoms with Gasteiger partial charge in [0.05, 0.1) is 17.3 Å². The molecule has 1 rings (SSSR count). The van der Waals surface area contributed by atoms with Crippen LogP contribution < -0.4 is 5.32 Å². The normalized spacial score (nSPS) is 13.2. The largest absolute Gasteiger partial charge is 0.395 e.